The Hall–Kier alpha value is -2.27. The topological polar surface area (TPSA) is 58.3 Å². The largest absolute Gasteiger partial charge is 0.508 e. The van der Waals surface area contributed by atoms with Crippen molar-refractivity contribution >= 4 is 21.6 Å². The molecule has 1 heterocycles. The summed E-state index contributed by atoms with van der Waals surface area (Å²) in [5.41, 5.74) is 2.73. The van der Waals surface area contributed by atoms with E-state index in [1.165, 1.54) is 6.39 Å². The van der Waals surface area contributed by atoms with Gasteiger partial charge in [0.2, 0.25) is 0 Å². The number of nitrogens with one attached hydrogen (secondary N) is 1. The molecule has 0 radical (unpaired) electrons. The molecule has 106 valence electrons. The number of oxazole rings is 1. The molecule has 0 amide bonds. The Balaban J connectivity index is 1.76. The number of aromatic hydroxyl groups is 1. The Bertz CT molecular complexity index is 742. The zero-order valence-corrected chi connectivity index (χ0v) is 12.7. The van der Waals surface area contributed by atoms with E-state index < -0.39 is 0 Å². The Labute approximate surface area is 130 Å². The van der Waals surface area contributed by atoms with E-state index in [1.54, 1.807) is 12.3 Å². The molecule has 4 nitrogen and oxygen atoms in total. The number of halogens is 1. The van der Waals surface area contributed by atoms with Crippen LogP contribution in [0.3, 0.4) is 0 Å². The first-order valence-corrected chi connectivity index (χ1v) is 7.22. The van der Waals surface area contributed by atoms with Crippen LogP contribution in [0.25, 0.3) is 11.3 Å². The second kappa shape index (κ2) is 6.01. The van der Waals surface area contributed by atoms with Crippen molar-refractivity contribution in [3.05, 3.63) is 65.1 Å². The van der Waals surface area contributed by atoms with Gasteiger partial charge in [-0.3, -0.25) is 0 Å². The summed E-state index contributed by atoms with van der Waals surface area (Å²) in [6.07, 6.45) is 3.09. The summed E-state index contributed by atoms with van der Waals surface area (Å²) in [5.74, 6) is 1.00. The predicted molar refractivity (Wildman–Crippen MR) is 85.1 cm³/mol. The van der Waals surface area contributed by atoms with Gasteiger partial charge in [-0.15, -0.1) is 0 Å². The molecule has 0 aliphatic carbocycles. The number of rotatable bonds is 4. The summed E-state index contributed by atoms with van der Waals surface area (Å²) in [6.45, 7) is 0.533. The first-order valence-electron chi connectivity index (χ1n) is 6.42. The van der Waals surface area contributed by atoms with Crippen LogP contribution in [0.4, 0.5) is 5.69 Å². The minimum Gasteiger partial charge on any atom is -0.508 e. The van der Waals surface area contributed by atoms with Gasteiger partial charge in [-0.2, -0.15) is 0 Å². The highest BCUT2D eigenvalue weighted by Gasteiger charge is 2.04. The Morgan fingerprint density at radius 2 is 2.10 bits per heavy atom. The maximum atomic E-state index is 9.83. The second-order valence-corrected chi connectivity index (χ2v) is 5.49. The molecular weight excluding hydrogens is 332 g/mol. The van der Waals surface area contributed by atoms with Crippen LogP contribution in [0.5, 0.6) is 5.75 Å². The number of hydrogen-bond donors (Lipinski definition) is 2. The molecule has 0 aliphatic heterocycles. The molecule has 3 rings (SSSR count). The number of benzene rings is 2. The standard InChI is InChI=1S/C16H13BrN2O2/c17-13-4-5-15(20)12(6-13)8-19-14-3-1-2-11(7-14)16-9-18-10-21-16/h1-7,9-10,19-20H,8H2. The number of hydrogen-bond acceptors (Lipinski definition) is 4. The minimum atomic E-state index is 0.275. The lowest BCUT2D eigenvalue weighted by Crippen LogP contribution is -1.99. The highest BCUT2D eigenvalue weighted by molar-refractivity contribution is 9.10. The SMILES string of the molecule is Oc1ccc(Br)cc1CNc1cccc(-c2cnco2)c1. The van der Waals surface area contributed by atoms with E-state index >= 15 is 0 Å². The average molecular weight is 345 g/mol. The molecule has 0 saturated carbocycles. The van der Waals surface area contributed by atoms with Gasteiger partial charge in [0.15, 0.2) is 12.2 Å². The van der Waals surface area contributed by atoms with Crippen LogP contribution < -0.4 is 5.32 Å². The summed E-state index contributed by atoms with van der Waals surface area (Å²) in [7, 11) is 0. The van der Waals surface area contributed by atoms with E-state index in [0.717, 1.165) is 27.0 Å². The van der Waals surface area contributed by atoms with Crippen LogP contribution >= 0.6 is 15.9 Å². The fourth-order valence-electron chi connectivity index (χ4n) is 2.03. The molecule has 0 fully saturated rings. The lowest BCUT2D eigenvalue weighted by atomic mass is 10.1. The van der Waals surface area contributed by atoms with Gasteiger partial charge in [-0.1, -0.05) is 28.1 Å². The van der Waals surface area contributed by atoms with Crippen molar-refractivity contribution in [1.29, 1.82) is 0 Å². The second-order valence-electron chi connectivity index (χ2n) is 4.57. The highest BCUT2D eigenvalue weighted by Crippen LogP contribution is 2.25. The quantitative estimate of drug-likeness (QED) is 0.735. The first-order chi connectivity index (χ1) is 10.2. The van der Waals surface area contributed by atoms with Crippen LogP contribution in [0, 0.1) is 0 Å². The number of anilines is 1. The van der Waals surface area contributed by atoms with Crippen molar-refractivity contribution in [3.63, 3.8) is 0 Å². The maximum Gasteiger partial charge on any atom is 0.181 e. The number of phenolic OH excluding ortho intramolecular Hbond substituents is 1. The lowest BCUT2D eigenvalue weighted by molar-refractivity contribution is 0.469. The number of nitrogens with zero attached hydrogens (tertiary/aromatic N) is 1. The first kappa shape index (κ1) is 13.7. The highest BCUT2D eigenvalue weighted by atomic mass is 79.9. The van der Waals surface area contributed by atoms with Crippen LogP contribution in [0.15, 0.2) is 63.9 Å². The molecule has 0 saturated heterocycles. The molecule has 0 unspecified atom stereocenters. The normalized spacial score (nSPS) is 10.5. The van der Waals surface area contributed by atoms with Crippen LogP contribution in [-0.2, 0) is 6.54 Å². The summed E-state index contributed by atoms with van der Waals surface area (Å²) < 4.78 is 6.22. The predicted octanol–water partition coefficient (Wildman–Crippen LogP) is 4.42. The van der Waals surface area contributed by atoms with Crippen LogP contribution in [0.2, 0.25) is 0 Å². The van der Waals surface area contributed by atoms with E-state index in [-0.39, 0.29) is 5.75 Å². The Morgan fingerprint density at radius 1 is 1.19 bits per heavy atom. The van der Waals surface area contributed by atoms with Gasteiger partial charge in [0.25, 0.3) is 0 Å². The molecule has 1 aromatic heterocycles. The van der Waals surface area contributed by atoms with E-state index in [1.807, 2.05) is 36.4 Å². The summed E-state index contributed by atoms with van der Waals surface area (Å²) in [6, 6.07) is 13.2. The Kier molecular flexibility index (Phi) is 3.92. The van der Waals surface area contributed by atoms with Crippen molar-refractivity contribution in [2.75, 3.05) is 5.32 Å². The third-order valence-corrected chi connectivity index (χ3v) is 3.60. The summed E-state index contributed by atoms with van der Waals surface area (Å²) in [4.78, 5) is 3.92. The molecule has 0 spiro atoms. The molecule has 2 N–H and O–H groups in total. The van der Waals surface area contributed by atoms with E-state index in [0.29, 0.717) is 6.54 Å². The van der Waals surface area contributed by atoms with Crippen molar-refractivity contribution in [2.45, 2.75) is 6.54 Å². The van der Waals surface area contributed by atoms with E-state index in [9.17, 15) is 5.11 Å². The molecule has 2 aromatic carbocycles. The van der Waals surface area contributed by atoms with Crippen molar-refractivity contribution in [1.82, 2.24) is 4.98 Å². The van der Waals surface area contributed by atoms with Gasteiger partial charge in [-0.25, -0.2) is 4.98 Å². The zero-order valence-electron chi connectivity index (χ0n) is 11.1. The van der Waals surface area contributed by atoms with Crippen molar-refractivity contribution < 1.29 is 9.52 Å². The molecule has 0 bridgehead atoms. The fraction of sp³-hybridized carbons (Fsp3) is 0.0625. The van der Waals surface area contributed by atoms with Gasteiger partial charge < -0.3 is 14.8 Å². The van der Waals surface area contributed by atoms with Gasteiger partial charge in [0.05, 0.1) is 6.20 Å². The molecular formula is C16H13BrN2O2. The van der Waals surface area contributed by atoms with Crippen LogP contribution in [-0.4, -0.2) is 10.1 Å². The molecule has 0 aliphatic rings. The van der Waals surface area contributed by atoms with Gasteiger partial charge in [-0.05, 0) is 30.3 Å². The summed E-state index contributed by atoms with van der Waals surface area (Å²) in [5, 5.41) is 13.1. The Morgan fingerprint density at radius 3 is 2.90 bits per heavy atom. The van der Waals surface area contributed by atoms with Gasteiger partial charge >= 0.3 is 0 Å². The lowest BCUT2D eigenvalue weighted by Gasteiger charge is -2.09. The van der Waals surface area contributed by atoms with E-state index in [4.69, 9.17) is 4.42 Å². The molecule has 21 heavy (non-hydrogen) atoms. The van der Waals surface area contributed by atoms with E-state index in [2.05, 4.69) is 26.2 Å². The maximum absolute atomic E-state index is 9.83. The fourth-order valence-corrected chi connectivity index (χ4v) is 2.44. The molecule has 0 atom stereocenters. The van der Waals surface area contributed by atoms with Crippen molar-refractivity contribution in [3.8, 4) is 17.1 Å². The summed E-state index contributed by atoms with van der Waals surface area (Å²) >= 11 is 3.40. The molecule has 3 aromatic rings. The monoisotopic (exact) mass is 344 g/mol. The molecule has 5 heteroatoms. The average Bonchev–Trinajstić information content (AvgIpc) is 3.03. The van der Waals surface area contributed by atoms with Crippen molar-refractivity contribution in [2.24, 2.45) is 0 Å². The smallest absolute Gasteiger partial charge is 0.181 e. The number of aromatic nitrogens is 1. The number of phenols is 1. The van der Waals surface area contributed by atoms with Gasteiger partial charge in [0, 0.05) is 27.8 Å². The van der Waals surface area contributed by atoms with Gasteiger partial charge in [0.1, 0.15) is 5.75 Å². The third-order valence-electron chi connectivity index (χ3n) is 3.10. The minimum absolute atomic E-state index is 0.275. The third kappa shape index (κ3) is 3.25. The van der Waals surface area contributed by atoms with Crippen LogP contribution in [0.1, 0.15) is 5.56 Å². The zero-order chi connectivity index (χ0) is 14.7.